The van der Waals surface area contributed by atoms with Gasteiger partial charge in [0.15, 0.2) is 0 Å². The van der Waals surface area contributed by atoms with Crippen molar-refractivity contribution in [2.75, 3.05) is 45.3 Å². The highest BCUT2D eigenvalue weighted by Crippen LogP contribution is 2.22. The number of rotatable bonds is 42. The molecule has 0 aliphatic carbocycles. The topological polar surface area (TPSA) is 87.7 Å². The quantitative estimate of drug-likeness (QED) is 0.0473. The number of hydrogen-bond acceptors (Lipinski definition) is 6. The monoisotopic (exact) mass is 796 g/mol. The normalized spacial score (nSPS) is 13.1. The molecule has 326 valence electrons. The highest BCUT2D eigenvalue weighted by molar-refractivity contribution is 7.99. The van der Waals surface area contributed by atoms with Gasteiger partial charge in [-0.3, -0.25) is 14.4 Å². The molecule has 3 atom stereocenters. The molecule has 2 amide bonds. The Morgan fingerprint density at radius 1 is 0.545 bits per heavy atom. The number of carbonyl (C=O) groups excluding carboxylic acids is 3. The second kappa shape index (κ2) is 40.9. The van der Waals surface area contributed by atoms with Crippen molar-refractivity contribution in [1.82, 2.24) is 15.5 Å². The zero-order chi connectivity index (χ0) is 40.6. The number of thioether (sulfide) groups is 1. The van der Waals surface area contributed by atoms with Gasteiger partial charge in [0.2, 0.25) is 11.8 Å². The second-order valence-corrected chi connectivity index (χ2v) is 18.0. The van der Waals surface area contributed by atoms with Gasteiger partial charge in [-0.2, -0.15) is 11.8 Å². The minimum atomic E-state index is -0.559. The zero-order valence-electron chi connectivity index (χ0n) is 37.5. The molecule has 0 saturated carbocycles. The summed E-state index contributed by atoms with van der Waals surface area (Å²) in [5, 5.41) is 6.24. The molecule has 0 aliphatic heterocycles. The van der Waals surface area contributed by atoms with Crippen molar-refractivity contribution < 1.29 is 19.1 Å². The lowest BCUT2D eigenvalue weighted by Gasteiger charge is -2.23. The van der Waals surface area contributed by atoms with Crippen molar-refractivity contribution in [2.45, 2.75) is 226 Å². The van der Waals surface area contributed by atoms with Gasteiger partial charge in [0.1, 0.15) is 6.04 Å². The summed E-state index contributed by atoms with van der Waals surface area (Å²) in [6.07, 6.45) is 35.3. The summed E-state index contributed by atoms with van der Waals surface area (Å²) in [5.41, 5.74) is 0. The summed E-state index contributed by atoms with van der Waals surface area (Å²) in [6.45, 7) is 10.8. The van der Waals surface area contributed by atoms with Gasteiger partial charge in [0, 0.05) is 24.8 Å². The van der Waals surface area contributed by atoms with Gasteiger partial charge in [-0.1, -0.05) is 182 Å². The Morgan fingerprint density at radius 2 is 0.982 bits per heavy atom. The molecule has 3 unspecified atom stereocenters. The average Bonchev–Trinajstić information content (AvgIpc) is 3.17. The molecule has 0 fully saturated rings. The molecule has 55 heavy (non-hydrogen) atoms. The first-order valence-electron chi connectivity index (χ1n) is 23.7. The second-order valence-electron chi connectivity index (χ2n) is 16.8. The summed E-state index contributed by atoms with van der Waals surface area (Å²) in [6, 6.07) is -0.559. The van der Waals surface area contributed by atoms with Gasteiger partial charge in [-0.15, -0.1) is 0 Å². The van der Waals surface area contributed by atoms with Crippen molar-refractivity contribution in [3.8, 4) is 0 Å². The number of hydrogen-bond donors (Lipinski definition) is 2. The summed E-state index contributed by atoms with van der Waals surface area (Å²) >= 11 is 1.68. The molecule has 0 aromatic rings. The lowest BCUT2D eigenvalue weighted by Crippen LogP contribution is -2.49. The SMILES string of the molecule is CCCCCCCCCCC(CCCCCCCC)COC(=O)CCSCCC(NC(=O)C(CCCCCC)CCCCCCCC)C(=O)NCCN(C)C. The van der Waals surface area contributed by atoms with Gasteiger partial charge in [0.05, 0.1) is 13.0 Å². The van der Waals surface area contributed by atoms with E-state index in [4.69, 9.17) is 4.74 Å². The highest BCUT2D eigenvalue weighted by atomic mass is 32.2. The van der Waals surface area contributed by atoms with Crippen LogP contribution < -0.4 is 10.6 Å². The van der Waals surface area contributed by atoms with E-state index >= 15 is 0 Å². The molecular weight excluding hydrogens is 703 g/mol. The predicted molar refractivity (Wildman–Crippen MR) is 240 cm³/mol. The predicted octanol–water partition coefficient (Wildman–Crippen LogP) is 12.4. The first-order valence-corrected chi connectivity index (χ1v) is 24.9. The van der Waals surface area contributed by atoms with E-state index < -0.39 is 6.04 Å². The maximum atomic E-state index is 13.7. The lowest BCUT2D eigenvalue weighted by molar-refractivity contribution is -0.144. The van der Waals surface area contributed by atoms with E-state index in [1.807, 2.05) is 19.0 Å². The smallest absolute Gasteiger partial charge is 0.306 e. The average molecular weight is 796 g/mol. The summed E-state index contributed by atoms with van der Waals surface area (Å²) < 4.78 is 5.86. The number of unbranched alkanes of at least 4 members (excludes halogenated alkanes) is 20. The van der Waals surface area contributed by atoms with E-state index in [0.717, 1.165) is 51.5 Å². The van der Waals surface area contributed by atoms with Crippen LogP contribution in [0.1, 0.15) is 220 Å². The molecule has 0 aliphatic rings. The van der Waals surface area contributed by atoms with Crippen molar-refractivity contribution in [1.29, 1.82) is 0 Å². The Morgan fingerprint density at radius 3 is 1.45 bits per heavy atom. The Bertz CT molecular complexity index is 873. The van der Waals surface area contributed by atoms with Crippen LogP contribution in [0.4, 0.5) is 0 Å². The molecule has 0 saturated heterocycles. The number of nitrogens with one attached hydrogen (secondary N) is 2. The molecule has 7 nitrogen and oxygen atoms in total. The van der Waals surface area contributed by atoms with Gasteiger partial charge in [-0.25, -0.2) is 0 Å². The molecule has 2 N–H and O–H groups in total. The van der Waals surface area contributed by atoms with E-state index in [1.165, 1.54) is 135 Å². The van der Waals surface area contributed by atoms with Crippen LogP contribution in [0.25, 0.3) is 0 Å². The maximum absolute atomic E-state index is 13.7. The van der Waals surface area contributed by atoms with E-state index in [-0.39, 0.29) is 23.7 Å². The third kappa shape index (κ3) is 35.6. The van der Waals surface area contributed by atoms with Crippen molar-refractivity contribution in [2.24, 2.45) is 11.8 Å². The number of ether oxygens (including phenoxy) is 1. The van der Waals surface area contributed by atoms with Gasteiger partial charge in [-0.05, 0) is 57.9 Å². The fraction of sp³-hybridized carbons (Fsp3) is 0.936. The zero-order valence-corrected chi connectivity index (χ0v) is 38.3. The number of nitrogens with zero attached hydrogens (tertiary/aromatic N) is 1. The Labute approximate surface area is 346 Å². The Kier molecular flexibility index (Phi) is 39.9. The minimum Gasteiger partial charge on any atom is -0.465 e. The van der Waals surface area contributed by atoms with E-state index in [0.29, 0.717) is 43.4 Å². The summed E-state index contributed by atoms with van der Waals surface area (Å²) in [4.78, 5) is 41.9. The number of amides is 2. The Hall–Kier alpha value is -1.28. The third-order valence-electron chi connectivity index (χ3n) is 11.1. The van der Waals surface area contributed by atoms with Crippen LogP contribution in [0.3, 0.4) is 0 Å². The van der Waals surface area contributed by atoms with Crippen LogP contribution in [0.15, 0.2) is 0 Å². The standard InChI is InChI=1S/C47H93N3O4S/c1-7-11-15-19-22-23-25-28-32-42(31-27-24-20-16-12-8-2)41-54-45(51)36-40-55-39-35-44(47(53)48-37-38-50(5)6)49-46(52)43(33-29-18-14-10-4)34-30-26-21-17-13-9-3/h42-44H,7-41H2,1-6H3,(H,48,53)(H,49,52). The van der Waals surface area contributed by atoms with Crippen LogP contribution in [0.5, 0.6) is 0 Å². The first-order chi connectivity index (χ1) is 26.8. The van der Waals surface area contributed by atoms with Crippen LogP contribution >= 0.6 is 11.8 Å². The van der Waals surface area contributed by atoms with Crippen molar-refractivity contribution in [3.63, 3.8) is 0 Å². The summed E-state index contributed by atoms with van der Waals surface area (Å²) in [5.74, 6) is 1.62. The maximum Gasteiger partial charge on any atom is 0.306 e. The number of likely N-dealkylation sites (N-methyl/N-ethyl adjacent to an activating group) is 1. The molecule has 0 aromatic heterocycles. The van der Waals surface area contributed by atoms with Crippen LogP contribution in [0, 0.1) is 11.8 Å². The fourth-order valence-electron chi connectivity index (χ4n) is 7.31. The largest absolute Gasteiger partial charge is 0.465 e. The van der Waals surface area contributed by atoms with Crippen LogP contribution in [-0.2, 0) is 19.1 Å². The minimum absolute atomic E-state index is 0.0360. The van der Waals surface area contributed by atoms with E-state index in [9.17, 15) is 14.4 Å². The highest BCUT2D eigenvalue weighted by Gasteiger charge is 2.25. The molecule has 0 aromatic carbocycles. The molecule has 0 spiro atoms. The number of esters is 1. The van der Waals surface area contributed by atoms with Crippen LogP contribution in [0.2, 0.25) is 0 Å². The first kappa shape index (κ1) is 53.7. The van der Waals surface area contributed by atoms with Gasteiger partial charge in [0.25, 0.3) is 0 Å². The molecule has 8 heteroatoms. The molecule has 0 bridgehead atoms. The summed E-state index contributed by atoms with van der Waals surface area (Å²) in [7, 11) is 3.98. The van der Waals surface area contributed by atoms with Gasteiger partial charge < -0.3 is 20.3 Å². The van der Waals surface area contributed by atoms with Crippen molar-refractivity contribution >= 4 is 29.5 Å². The molecule has 0 radical (unpaired) electrons. The molecule has 0 heterocycles. The molecule has 0 rings (SSSR count). The number of carbonyl (C=O) groups is 3. The van der Waals surface area contributed by atoms with Crippen LogP contribution in [-0.4, -0.2) is 74.0 Å². The lowest BCUT2D eigenvalue weighted by atomic mass is 9.93. The molecular formula is C47H93N3O4S. The van der Waals surface area contributed by atoms with E-state index in [2.05, 4.69) is 38.3 Å². The fourth-order valence-corrected chi connectivity index (χ4v) is 8.23. The van der Waals surface area contributed by atoms with E-state index in [1.54, 1.807) is 11.8 Å². The Balaban J connectivity index is 4.99. The van der Waals surface area contributed by atoms with Gasteiger partial charge >= 0.3 is 5.97 Å². The third-order valence-corrected chi connectivity index (χ3v) is 12.1. The van der Waals surface area contributed by atoms with Crippen molar-refractivity contribution in [3.05, 3.63) is 0 Å².